The molecule has 2 fully saturated rings. The number of nitrogens with zero attached hydrogens (tertiary/aromatic N) is 3. The van der Waals surface area contributed by atoms with Crippen molar-refractivity contribution < 1.29 is 4.79 Å². The zero-order valence-corrected chi connectivity index (χ0v) is 16.7. The van der Waals surface area contributed by atoms with Crippen molar-refractivity contribution in [2.45, 2.75) is 31.2 Å². The standard InChI is InChI=1S/C23H31N3O/c1-24-15-13-23(12-10-22(24)27)18-26(17-16-25(23)2)14-11-20-8-5-7-19-6-3-4-9-21(19)20/h3-9H,10-18H2,1-2H3. The van der Waals surface area contributed by atoms with E-state index in [1.54, 1.807) is 0 Å². The Morgan fingerprint density at radius 2 is 1.78 bits per heavy atom. The van der Waals surface area contributed by atoms with E-state index in [0.29, 0.717) is 12.3 Å². The average molecular weight is 366 g/mol. The van der Waals surface area contributed by atoms with Crippen LogP contribution in [0.5, 0.6) is 0 Å². The van der Waals surface area contributed by atoms with Crippen molar-refractivity contribution in [2.24, 2.45) is 0 Å². The first-order valence-electron chi connectivity index (χ1n) is 10.2. The van der Waals surface area contributed by atoms with Crippen molar-refractivity contribution in [3.8, 4) is 0 Å². The van der Waals surface area contributed by atoms with E-state index >= 15 is 0 Å². The first-order valence-corrected chi connectivity index (χ1v) is 10.2. The van der Waals surface area contributed by atoms with E-state index in [1.165, 1.54) is 16.3 Å². The van der Waals surface area contributed by atoms with Crippen LogP contribution in [0.25, 0.3) is 10.8 Å². The largest absolute Gasteiger partial charge is 0.346 e. The molecule has 2 saturated heterocycles. The van der Waals surface area contributed by atoms with Crippen LogP contribution in [0.4, 0.5) is 0 Å². The Morgan fingerprint density at radius 3 is 2.67 bits per heavy atom. The van der Waals surface area contributed by atoms with Crippen molar-refractivity contribution in [1.29, 1.82) is 0 Å². The highest BCUT2D eigenvalue weighted by atomic mass is 16.2. The minimum atomic E-state index is 0.150. The summed E-state index contributed by atoms with van der Waals surface area (Å²) in [5, 5.41) is 2.71. The molecule has 1 spiro atoms. The summed E-state index contributed by atoms with van der Waals surface area (Å²) in [5.74, 6) is 0.299. The molecule has 144 valence electrons. The van der Waals surface area contributed by atoms with Crippen LogP contribution >= 0.6 is 0 Å². The molecule has 1 amide bonds. The highest BCUT2D eigenvalue weighted by Crippen LogP contribution is 2.32. The third-order valence-corrected chi connectivity index (χ3v) is 6.80. The quantitative estimate of drug-likeness (QED) is 0.837. The lowest BCUT2D eigenvalue weighted by molar-refractivity contribution is -0.129. The SMILES string of the molecule is CN1CCC2(CCC1=O)CN(CCc1cccc3ccccc13)CCN2C. The van der Waals surface area contributed by atoms with Gasteiger partial charge in [0.25, 0.3) is 0 Å². The second kappa shape index (κ2) is 7.61. The fraction of sp³-hybridized carbons (Fsp3) is 0.522. The monoisotopic (exact) mass is 365 g/mol. The summed E-state index contributed by atoms with van der Waals surface area (Å²) in [6.07, 6.45) is 3.83. The van der Waals surface area contributed by atoms with E-state index in [2.05, 4.69) is 59.3 Å². The summed E-state index contributed by atoms with van der Waals surface area (Å²) in [4.78, 5) is 19.2. The Balaban J connectivity index is 1.46. The Bertz CT molecular complexity index is 815. The van der Waals surface area contributed by atoms with Crippen LogP contribution in [0, 0.1) is 0 Å². The second-order valence-corrected chi connectivity index (χ2v) is 8.38. The van der Waals surface area contributed by atoms with Crippen LogP contribution in [-0.2, 0) is 11.2 Å². The molecule has 1 unspecified atom stereocenters. The number of amides is 1. The van der Waals surface area contributed by atoms with Crippen molar-refractivity contribution in [2.75, 3.05) is 46.8 Å². The van der Waals surface area contributed by atoms with Gasteiger partial charge in [0.2, 0.25) is 5.91 Å². The van der Waals surface area contributed by atoms with Gasteiger partial charge in [0.05, 0.1) is 0 Å². The van der Waals surface area contributed by atoms with Gasteiger partial charge in [-0.25, -0.2) is 0 Å². The Morgan fingerprint density at radius 1 is 0.963 bits per heavy atom. The lowest BCUT2D eigenvalue weighted by Gasteiger charge is -2.49. The van der Waals surface area contributed by atoms with Gasteiger partial charge in [0.15, 0.2) is 0 Å². The topological polar surface area (TPSA) is 26.8 Å². The minimum Gasteiger partial charge on any atom is -0.346 e. The highest BCUT2D eigenvalue weighted by molar-refractivity contribution is 5.85. The van der Waals surface area contributed by atoms with Crippen LogP contribution < -0.4 is 0 Å². The second-order valence-electron chi connectivity index (χ2n) is 8.38. The Labute approximate surface area is 162 Å². The molecular formula is C23H31N3O. The predicted molar refractivity (Wildman–Crippen MR) is 111 cm³/mol. The number of hydrogen-bond donors (Lipinski definition) is 0. The molecular weight excluding hydrogens is 334 g/mol. The molecule has 0 aliphatic carbocycles. The van der Waals surface area contributed by atoms with E-state index < -0.39 is 0 Å². The molecule has 0 saturated carbocycles. The maximum atomic E-state index is 12.2. The van der Waals surface area contributed by atoms with Crippen LogP contribution in [0.3, 0.4) is 0 Å². The Kier molecular flexibility index (Phi) is 5.20. The molecule has 2 aromatic carbocycles. The van der Waals surface area contributed by atoms with E-state index in [-0.39, 0.29) is 5.54 Å². The molecule has 2 aliphatic heterocycles. The number of carbonyl (C=O) groups excluding carboxylic acids is 1. The fourth-order valence-corrected chi connectivity index (χ4v) is 4.82. The molecule has 2 aliphatic rings. The molecule has 0 N–H and O–H groups in total. The van der Waals surface area contributed by atoms with Crippen LogP contribution in [0.1, 0.15) is 24.8 Å². The number of piperazine rings is 1. The van der Waals surface area contributed by atoms with Gasteiger partial charge in [-0.2, -0.15) is 0 Å². The van der Waals surface area contributed by atoms with E-state index in [1.807, 2.05) is 11.9 Å². The van der Waals surface area contributed by atoms with E-state index in [4.69, 9.17) is 0 Å². The maximum Gasteiger partial charge on any atom is 0.222 e. The molecule has 1 atom stereocenters. The lowest BCUT2D eigenvalue weighted by atomic mass is 9.86. The van der Waals surface area contributed by atoms with Gasteiger partial charge in [0.1, 0.15) is 0 Å². The zero-order chi connectivity index (χ0) is 18.9. The summed E-state index contributed by atoms with van der Waals surface area (Å²) in [6.45, 7) is 5.25. The molecule has 0 bridgehead atoms. The summed E-state index contributed by atoms with van der Waals surface area (Å²) < 4.78 is 0. The minimum absolute atomic E-state index is 0.150. The van der Waals surface area contributed by atoms with Crippen LogP contribution in [-0.4, -0.2) is 73.0 Å². The molecule has 0 aromatic heterocycles. The number of carbonyl (C=O) groups is 1. The number of hydrogen-bond acceptors (Lipinski definition) is 3. The molecule has 4 rings (SSSR count). The number of benzene rings is 2. The normalized spacial score (nSPS) is 25.3. The highest BCUT2D eigenvalue weighted by Gasteiger charge is 2.41. The molecule has 4 nitrogen and oxygen atoms in total. The predicted octanol–water partition coefficient (Wildman–Crippen LogP) is 3.01. The van der Waals surface area contributed by atoms with Gasteiger partial charge < -0.3 is 4.90 Å². The summed E-state index contributed by atoms with van der Waals surface area (Å²) >= 11 is 0. The van der Waals surface area contributed by atoms with Gasteiger partial charge in [-0.05, 0) is 42.6 Å². The van der Waals surface area contributed by atoms with Gasteiger partial charge in [-0.15, -0.1) is 0 Å². The van der Waals surface area contributed by atoms with E-state index in [9.17, 15) is 4.79 Å². The smallest absolute Gasteiger partial charge is 0.222 e. The van der Waals surface area contributed by atoms with Gasteiger partial charge >= 0.3 is 0 Å². The summed E-state index contributed by atoms with van der Waals surface area (Å²) in [7, 11) is 4.19. The molecule has 2 heterocycles. The molecule has 27 heavy (non-hydrogen) atoms. The zero-order valence-electron chi connectivity index (χ0n) is 16.7. The first-order chi connectivity index (χ1) is 13.1. The fourth-order valence-electron chi connectivity index (χ4n) is 4.82. The molecule has 0 radical (unpaired) electrons. The summed E-state index contributed by atoms with van der Waals surface area (Å²) in [6, 6.07) is 15.3. The van der Waals surface area contributed by atoms with E-state index in [0.717, 1.165) is 52.0 Å². The van der Waals surface area contributed by atoms with Crippen molar-refractivity contribution in [3.05, 3.63) is 48.0 Å². The van der Waals surface area contributed by atoms with Gasteiger partial charge in [-0.1, -0.05) is 42.5 Å². The number of likely N-dealkylation sites (tertiary alicyclic amines) is 1. The Hall–Kier alpha value is -1.91. The summed E-state index contributed by atoms with van der Waals surface area (Å²) in [5.41, 5.74) is 1.59. The number of likely N-dealkylation sites (N-methyl/N-ethyl adjacent to an activating group) is 1. The lowest BCUT2D eigenvalue weighted by Crippen LogP contribution is -2.61. The molecule has 4 heteroatoms. The average Bonchev–Trinajstić information content (AvgIpc) is 2.83. The molecule has 2 aromatic rings. The van der Waals surface area contributed by atoms with Gasteiger partial charge in [-0.3, -0.25) is 14.6 Å². The van der Waals surface area contributed by atoms with Crippen LogP contribution in [0.2, 0.25) is 0 Å². The maximum absolute atomic E-state index is 12.2. The third-order valence-electron chi connectivity index (χ3n) is 6.80. The number of fused-ring (bicyclic) bond motifs is 1. The number of rotatable bonds is 3. The van der Waals surface area contributed by atoms with Crippen molar-refractivity contribution >= 4 is 16.7 Å². The van der Waals surface area contributed by atoms with Crippen LogP contribution in [0.15, 0.2) is 42.5 Å². The van der Waals surface area contributed by atoms with Crippen molar-refractivity contribution in [3.63, 3.8) is 0 Å². The third kappa shape index (κ3) is 3.74. The van der Waals surface area contributed by atoms with Crippen molar-refractivity contribution in [1.82, 2.24) is 14.7 Å². The first kappa shape index (κ1) is 18.5. The van der Waals surface area contributed by atoms with Gasteiger partial charge in [0, 0.05) is 51.7 Å².